The molecule has 1 aromatic carbocycles. The molecule has 0 radical (unpaired) electrons. The Balaban J connectivity index is 2.09. The number of rotatable bonds is 5. The van der Waals surface area contributed by atoms with Crippen LogP contribution in [0.2, 0.25) is 0 Å². The Bertz CT molecular complexity index is 302. The first-order chi connectivity index (χ1) is 7.87. The predicted molar refractivity (Wildman–Crippen MR) is 64.2 cm³/mol. The lowest BCUT2D eigenvalue weighted by Crippen LogP contribution is -2.26. The Labute approximate surface area is 97.6 Å². The van der Waals surface area contributed by atoms with Gasteiger partial charge in [-0.1, -0.05) is 50.1 Å². The molecular weight excluding hydrogens is 200 g/mol. The van der Waals surface area contributed by atoms with E-state index >= 15 is 0 Å². The zero-order valence-corrected chi connectivity index (χ0v) is 9.95. The first-order valence-corrected chi connectivity index (χ1v) is 6.21. The summed E-state index contributed by atoms with van der Waals surface area (Å²) >= 11 is 0. The van der Waals surface area contributed by atoms with Crippen LogP contribution in [-0.2, 0) is 15.3 Å². The summed E-state index contributed by atoms with van der Waals surface area (Å²) in [6.45, 7) is 3.63. The van der Waals surface area contributed by atoms with Gasteiger partial charge in [0.25, 0.3) is 0 Å². The molecule has 0 unspecified atom stereocenters. The fraction of sp³-hybridized carbons (Fsp3) is 0.571. The van der Waals surface area contributed by atoms with E-state index in [1.807, 2.05) is 18.2 Å². The highest BCUT2D eigenvalue weighted by Gasteiger charge is 2.37. The van der Waals surface area contributed by atoms with Crippen LogP contribution in [0.25, 0.3) is 0 Å². The van der Waals surface area contributed by atoms with Crippen molar-refractivity contribution in [1.29, 1.82) is 0 Å². The lowest BCUT2D eigenvalue weighted by molar-refractivity contribution is -0.171. The van der Waals surface area contributed by atoms with E-state index in [2.05, 4.69) is 19.1 Å². The third-order valence-electron chi connectivity index (χ3n) is 3.08. The van der Waals surface area contributed by atoms with Crippen LogP contribution in [0.1, 0.15) is 38.2 Å². The Morgan fingerprint density at radius 3 is 2.38 bits per heavy atom. The van der Waals surface area contributed by atoms with Gasteiger partial charge in [-0.05, 0) is 6.42 Å². The second-order valence-corrected chi connectivity index (χ2v) is 4.27. The van der Waals surface area contributed by atoms with Gasteiger partial charge in [0.2, 0.25) is 0 Å². The molecule has 1 aliphatic rings. The van der Waals surface area contributed by atoms with Crippen molar-refractivity contribution in [2.45, 2.75) is 38.4 Å². The average Bonchev–Trinajstić information content (AvgIpc) is 2.81. The summed E-state index contributed by atoms with van der Waals surface area (Å²) < 4.78 is 11.7. The van der Waals surface area contributed by atoms with Gasteiger partial charge in [-0.15, -0.1) is 0 Å². The summed E-state index contributed by atoms with van der Waals surface area (Å²) in [6, 6.07) is 10.3. The van der Waals surface area contributed by atoms with E-state index < -0.39 is 5.79 Å². The van der Waals surface area contributed by atoms with Crippen LogP contribution in [0.4, 0.5) is 0 Å². The monoisotopic (exact) mass is 220 g/mol. The third-order valence-corrected chi connectivity index (χ3v) is 3.08. The van der Waals surface area contributed by atoms with Crippen molar-refractivity contribution in [1.82, 2.24) is 0 Å². The van der Waals surface area contributed by atoms with Gasteiger partial charge in [0.1, 0.15) is 0 Å². The van der Waals surface area contributed by atoms with Crippen molar-refractivity contribution in [3.8, 4) is 0 Å². The summed E-state index contributed by atoms with van der Waals surface area (Å²) in [5.74, 6) is -0.462. The molecule has 0 N–H and O–H groups in total. The summed E-state index contributed by atoms with van der Waals surface area (Å²) in [5.41, 5.74) is 1.16. The van der Waals surface area contributed by atoms with E-state index in [9.17, 15) is 0 Å². The maximum Gasteiger partial charge on any atom is 0.194 e. The highest BCUT2D eigenvalue weighted by Crippen LogP contribution is 2.36. The summed E-state index contributed by atoms with van der Waals surface area (Å²) in [6.07, 6.45) is 4.59. The van der Waals surface area contributed by atoms with E-state index in [-0.39, 0.29) is 0 Å². The molecule has 1 fully saturated rings. The highest BCUT2D eigenvalue weighted by atomic mass is 16.7. The van der Waals surface area contributed by atoms with Gasteiger partial charge in [-0.3, -0.25) is 0 Å². The van der Waals surface area contributed by atoms with Crippen molar-refractivity contribution >= 4 is 0 Å². The molecule has 16 heavy (non-hydrogen) atoms. The fourth-order valence-corrected chi connectivity index (χ4v) is 2.21. The highest BCUT2D eigenvalue weighted by molar-refractivity contribution is 5.20. The SMILES string of the molecule is CCCCCC1(c2ccccc2)OCCO1. The predicted octanol–water partition coefficient (Wildman–Crippen LogP) is 3.47. The van der Waals surface area contributed by atoms with Crippen molar-refractivity contribution in [2.24, 2.45) is 0 Å². The maximum atomic E-state index is 5.85. The largest absolute Gasteiger partial charge is 0.343 e. The van der Waals surface area contributed by atoms with Crippen molar-refractivity contribution in [3.05, 3.63) is 35.9 Å². The van der Waals surface area contributed by atoms with Gasteiger partial charge in [-0.25, -0.2) is 0 Å². The molecule has 1 aliphatic heterocycles. The zero-order chi connectivity index (χ0) is 11.3. The molecule has 0 atom stereocenters. The zero-order valence-electron chi connectivity index (χ0n) is 9.95. The number of hydrogen-bond donors (Lipinski definition) is 0. The lowest BCUT2D eigenvalue weighted by Gasteiger charge is -2.27. The topological polar surface area (TPSA) is 18.5 Å². The molecule has 0 spiro atoms. The first-order valence-electron chi connectivity index (χ1n) is 6.21. The third kappa shape index (κ3) is 2.45. The van der Waals surface area contributed by atoms with E-state index in [1.165, 1.54) is 12.8 Å². The molecule has 0 bridgehead atoms. The van der Waals surface area contributed by atoms with Crippen LogP contribution in [0, 0.1) is 0 Å². The summed E-state index contributed by atoms with van der Waals surface area (Å²) in [5, 5.41) is 0. The van der Waals surface area contributed by atoms with E-state index in [0.29, 0.717) is 13.2 Å². The van der Waals surface area contributed by atoms with Crippen molar-refractivity contribution in [2.75, 3.05) is 13.2 Å². The van der Waals surface area contributed by atoms with Crippen LogP contribution in [0.5, 0.6) is 0 Å². The Hall–Kier alpha value is -0.860. The second-order valence-electron chi connectivity index (χ2n) is 4.27. The molecule has 88 valence electrons. The molecule has 0 aromatic heterocycles. The van der Waals surface area contributed by atoms with Gasteiger partial charge >= 0.3 is 0 Å². The normalized spacial score (nSPS) is 18.8. The molecule has 0 aliphatic carbocycles. The van der Waals surface area contributed by atoms with Gasteiger partial charge in [-0.2, -0.15) is 0 Å². The lowest BCUT2D eigenvalue weighted by atomic mass is 9.99. The van der Waals surface area contributed by atoms with Gasteiger partial charge < -0.3 is 9.47 Å². The number of ether oxygens (including phenoxy) is 2. The molecule has 0 saturated carbocycles. The van der Waals surface area contributed by atoms with Crippen molar-refractivity contribution in [3.63, 3.8) is 0 Å². The molecular formula is C14H20O2. The van der Waals surface area contributed by atoms with E-state index in [4.69, 9.17) is 9.47 Å². The minimum Gasteiger partial charge on any atom is -0.343 e. The molecule has 1 aromatic rings. The Morgan fingerprint density at radius 1 is 1.06 bits per heavy atom. The molecule has 1 saturated heterocycles. The molecule has 2 nitrogen and oxygen atoms in total. The van der Waals surface area contributed by atoms with Gasteiger partial charge in [0, 0.05) is 12.0 Å². The standard InChI is InChI=1S/C14H20O2/c1-2-3-7-10-14(15-11-12-16-14)13-8-5-4-6-9-13/h4-6,8-9H,2-3,7,10-12H2,1H3. The minimum atomic E-state index is -0.462. The van der Waals surface area contributed by atoms with Crippen LogP contribution in [0.15, 0.2) is 30.3 Å². The Kier molecular flexibility index (Phi) is 3.97. The quantitative estimate of drug-likeness (QED) is 0.707. The molecule has 2 rings (SSSR count). The first kappa shape index (κ1) is 11.6. The fourth-order valence-electron chi connectivity index (χ4n) is 2.21. The number of unbranched alkanes of at least 4 members (excludes halogenated alkanes) is 2. The van der Waals surface area contributed by atoms with Crippen molar-refractivity contribution < 1.29 is 9.47 Å². The van der Waals surface area contributed by atoms with E-state index in [0.717, 1.165) is 18.4 Å². The van der Waals surface area contributed by atoms with Gasteiger partial charge in [0.05, 0.1) is 13.2 Å². The smallest absolute Gasteiger partial charge is 0.194 e. The van der Waals surface area contributed by atoms with Crippen LogP contribution < -0.4 is 0 Å². The van der Waals surface area contributed by atoms with Crippen LogP contribution >= 0.6 is 0 Å². The molecule has 1 heterocycles. The Morgan fingerprint density at radius 2 is 1.75 bits per heavy atom. The summed E-state index contributed by atoms with van der Waals surface area (Å²) in [7, 11) is 0. The molecule has 0 amide bonds. The van der Waals surface area contributed by atoms with Crippen LogP contribution in [0.3, 0.4) is 0 Å². The van der Waals surface area contributed by atoms with Crippen LogP contribution in [-0.4, -0.2) is 13.2 Å². The second kappa shape index (κ2) is 5.46. The molecule has 2 heteroatoms. The van der Waals surface area contributed by atoms with E-state index in [1.54, 1.807) is 0 Å². The summed E-state index contributed by atoms with van der Waals surface area (Å²) in [4.78, 5) is 0. The maximum absolute atomic E-state index is 5.85. The minimum absolute atomic E-state index is 0.462. The van der Waals surface area contributed by atoms with Gasteiger partial charge in [0.15, 0.2) is 5.79 Å². The number of benzene rings is 1. The average molecular weight is 220 g/mol. The number of hydrogen-bond acceptors (Lipinski definition) is 2.